The lowest BCUT2D eigenvalue weighted by Gasteiger charge is -2.49. The summed E-state index contributed by atoms with van der Waals surface area (Å²) >= 11 is 0. The number of rotatable bonds is 2. The number of hydrogen-bond donors (Lipinski definition) is 6. The van der Waals surface area contributed by atoms with Gasteiger partial charge >= 0.3 is 0 Å². The number of nitrogens with two attached hydrogens (primary N) is 2. The van der Waals surface area contributed by atoms with Crippen LogP contribution < -0.4 is 11.5 Å². The molecule has 0 aromatic heterocycles. The van der Waals surface area contributed by atoms with E-state index in [2.05, 4.69) is 0 Å². The summed E-state index contributed by atoms with van der Waals surface area (Å²) in [5, 5.41) is 43.7. The average Bonchev–Trinajstić information content (AvgIpc) is 2.80. The van der Waals surface area contributed by atoms with Crippen molar-refractivity contribution in [1.29, 1.82) is 0 Å². The molecule has 0 saturated carbocycles. The molecule has 0 spiro atoms. The molecule has 35 heavy (non-hydrogen) atoms. The maximum absolute atomic E-state index is 13.7. The minimum absolute atomic E-state index is 0.136. The highest BCUT2D eigenvalue weighted by Gasteiger charge is 2.63. The van der Waals surface area contributed by atoms with E-state index in [4.69, 9.17) is 11.5 Å². The average molecular weight is 480 g/mol. The van der Waals surface area contributed by atoms with Crippen molar-refractivity contribution in [2.75, 3.05) is 0 Å². The third-order valence-electron chi connectivity index (χ3n) is 7.37. The maximum atomic E-state index is 13.7. The van der Waals surface area contributed by atoms with Crippen LogP contribution in [-0.4, -0.2) is 49.5 Å². The van der Waals surface area contributed by atoms with E-state index in [9.17, 15) is 39.2 Å². The Morgan fingerprint density at radius 1 is 1.06 bits per heavy atom. The SMILES string of the molecule is NC(=O)C1=C(O)[C@@H](N)[C@@H]2C[C@H]3C(=C(O)[C@]2(O)C1=O)C(=O)c1c(O)cccc1[C@@H]3c1ccc(F)cc1. The highest BCUT2D eigenvalue weighted by atomic mass is 19.1. The largest absolute Gasteiger partial charge is 0.510 e. The molecule has 2 aromatic rings. The summed E-state index contributed by atoms with van der Waals surface area (Å²) in [4.78, 5) is 38.6. The van der Waals surface area contributed by atoms with Gasteiger partial charge in [-0.2, -0.15) is 0 Å². The summed E-state index contributed by atoms with van der Waals surface area (Å²) in [5.41, 5.74) is 8.05. The number of amides is 1. The van der Waals surface area contributed by atoms with E-state index in [1.807, 2.05) is 0 Å². The van der Waals surface area contributed by atoms with Crippen molar-refractivity contribution < 1.29 is 39.2 Å². The van der Waals surface area contributed by atoms with Crippen molar-refractivity contribution in [3.05, 3.63) is 87.6 Å². The fraction of sp³-hybridized carbons (Fsp3) is 0.240. The van der Waals surface area contributed by atoms with Crippen LogP contribution in [0.15, 0.2) is 65.1 Å². The minimum Gasteiger partial charge on any atom is -0.510 e. The summed E-state index contributed by atoms with van der Waals surface area (Å²) < 4.78 is 13.7. The van der Waals surface area contributed by atoms with Crippen molar-refractivity contribution in [3.8, 4) is 5.75 Å². The second-order valence-corrected chi connectivity index (χ2v) is 9.06. The molecule has 3 aliphatic rings. The Morgan fingerprint density at radius 3 is 2.34 bits per heavy atom. The van der Waals surface area contributed by atoms with E-state index >= 15 is 0 Å². The topological polar surface area (TPSA) is 184 Å². The Morgan fingerprint density at radius 2 is 1.71 bits per heavy atom. The van der Waals surface area contributed by atoms with Crippen molar-refractivity contribution in [2.24, 2.45) is 23.3 Å². The zero-order chi connectivity index (χ0) is 25.4. The van der Waals surface area contributed by atoms with Gasteiger partial charge in [0.25, 0.3) is 5.91 Å². The molecule has 8 N–H and O–H groups in total. The first-order valence-corrected chi connectivity index (χ1v) is 10.8. The molecule has 10 heteroatoms. The van der Waals surface area contributed by atoms with Gasteiger partial charge in [-0.05, 0) is 35.7 Å². The summed E-state index contributed by atoms with van der Waals surface area (Å²) in [6.07, 6.45) is -0.165. The number of primary amides is 1. The lowest BCUT2D eigenvalue weighted by Crippen LogP contribution is -2.63. The number of phenolic OH excluding ortho intramolecular Hbond substituents is 1. The Labute approximate surface area is 197 Å². The van der Waals surface area contributed by atoms with Gasteiger partial charge in [0.1, 0.15) is 28.7 Å². The molecular weight excluding hydrogens is 459 g/mol. The van der Waals surface area contributed by atoms with E-state index < -0.39 is 69.8 Å². The van der Waals surface area contributed by atoms with Crippen LogP contribution in [0.4, 0.5) is 4.39 Å². The monoisotopic (exact) mass is 480 g/mol. The Kier molecular flexibility index (Phi) is 4.87. The molecule has 0 aliphatic heterocycles. The fourth-order valence-electron chi connectivity index (χ4n) is 5.78. The molecule has 180 valence electrons. The van der Waals surface area contributed by atoms with E-state index in [-0.39, 0.29) is 23.3 Å². The molecule has 9 nitrogen and oxygen atoms in total. The number of fused-ring (bicyclic) bond motifs is 3. The lowest BCUT2D eigenvalue weighted by molar-refractivity contribution is -0.145. The summed E-state index contributed by atoms with van der Waals surface area (Å²) in [5.74, 6) is -9.13. The van der Waals surface area contributed by atoms with Crippen LogP contribution in [0.2, 0.25) is 0 Å². The van der Waals surface area contributed by atoms with Crippen LogP contribution >= 0.6 is 0 Å². The third-order valence-corrected chi connectivity index (χ3v) is 7.37. The van der Waals surface area contributed by atoms with E-state index in [1.165, 1.54) is 36.4 Å². The van der Waals surface area contributed by atoms with Gasteiger partial charge in [-0.25, -0.2) is 4.39 Å². The Balaban J connectivity index is 1.80. The van der Waals surface area contributed by atoms with Crippen molar-refractivity contribution in [2.45, 2.75) is 24.0 Å². The predicted molar refractivity (Wildman–Crippen MR) is 119 cm³/mol. The number of hydrogen-bond acceptors (Lipinski definition) is 8. The number of Topliss-reactive ketones (excluding diaryl/α,β-unsaturated/α-hetero) is 2. The second kappa shape index (κ2) is 7.49. The van der Waals surface area contributed by atoms with Gasteiger partial charge in [0.05, 0.1) is 11.6 Å². The number of phenols is 1. The smallest absolute Gasteiger partial charge is 0.255 e. The third kappa shape index (κ3) is 2.90. The summed E-state index contributed by atoms with van der Waals surface area (Å²) in [7, 11) is 0. The molecule has 3 aliphatic carbocycles. The number of aliphatic hydroxyl groups excluding tert-OH is 2. The molecule has 1 amide bonds. The first-order valence-electron chi connectivity index (χ1n) is 10.8. The van der Waals surface area contributed by atoms with Crippen molar-refractivity contribution in [3.63, 3.8) is 0 Å². The van der Waals surface area contributed by atoms with E-state index in [0.717, 1.165) is 0 Å². The zero-order valence-electron chi connectivity index (χ0n) is 18.1. The highest BCUT2D eigenvalue weighted by molar-refractivity contribution is 6.24. The number of aromatic hydroxyl groups is 1. The van der Waals surface area contributed by atoms with Gasteiger partial charge < -0.3 is 31.9 Å². The van der Waals surface area contributed by atoms with Crippen LogP contribution in [0.3, 0.4) is 0 Å². The number of carbonyl (C=O) groups excluding carboxylic acids is 3. The van der Waals surface area contributed by atoms with Gasteiger partial charge in [-0.1, -0.05) is 24.3 Å². The van der Waals surface area contributed by atoms with Crippen LogP contribution in [0.25, 0.3) is 0 Å². The molecule has 5 rings (SSSR count). The summed E-state index contributed by atoms with van der Waals surface area (Å²) in [6, 6.07) is 8.41. The van der Waals surface area contributed by atoms with Crippen LogP contribution in [-0.2, 0) is 9.59 Å². The number of ketones is 2. The molecule has 0 fully saturated rings. The van der Waals surface area contributed by atoms with Crippen LogP contribution in [0.5, 0.6) is 5.75 Å². The Hall–Kier alpha value is -4.02. The van der Waals surface area contributed by atoms with Crippen molar-refractivity contribution in [1.82, 2.24) is 0 Å². The molecule has 2 aromatic carbocycles. The quantitative estimate of drug-likeness (QED) is 0.347. The molecular formula is C25H21FN2O7. The number of halogens is 1. The van der Waals surface area contributed by atoms with Gasteiger partial charge in [0.2, 0.25) is 5.78 Å². The predicted octanol–water partition coefficient (Wildman–Crippen LogP) is 1.25. The maximum Gasteiger partial charge on any atom is 0.255 e. The van der Waals surface area contributed by atoms with Crippen LogP contribution in [0.1, 0.15) is 33.8 Å². The van der Waals surface area contributed by atoms with Crippen LogP contribution in [0, 0.1) is 17.7 Å². The molecule has 0 unspecified atom stereocenters. The first-order chi connectivity index (χ1) is 16.5. The molecule has 0 saturated heterocycles. The van der Waals surface area contributed by atoms with Gasteiger partial charge in [-0.3, -0.25) is 14.4 Å². The van der Waals surface area contributed by atoms with Gasteiger partial charge in [-0.15, -0.1) is 0 Å². The normalized spacial score (nSPS) is 30.0. The minimum atomic E-state index is -2.80. The number of aliphatic hydroxyl groups is 3. The molecule has 0 heterocycles. The standard InChI is InChI=1S/C25H21FN2O7/c26-10-6-4-9(5-7-10)15-11-2-1-3-14(29)16(11)20(30)17-12(15)8-13-19(27)21(31)18(24(28)34)23(33)25(13,35)22(17)32/h1-7,12-13,15,19,29,31-32,35H,8,27H2,(H2,28,34)/t12-,13+,15+,19+,25+/m1/s1. The molecule has 0 bridgehead atoms. The van der Waals surface area contributed by atoms with Gasteiger partial charge in [0, 0.05) is 23.3 Å². The molecule has 5 atom stereocenters. The van der Waals surface area contributed by atoms with Gasteiger partial charge in [0.15, 0.2) is 11.4 Å². The lowest BCUT2D eigenvalue weighted by atomic mass is 9.56. The number of allylic oxidation sites excluding steroid dienone is 1. The fourth-order valence-corrected chi connectivity index (χ4v) is 5.78. The van der Waals surface area contributed by atoms with E-state index in [1.54, 1.807) is 6.07 Å². The number of benzene rings is 2. The molecule has 0 radical (unpaired) electrons. The van der Waals surface area contributed by atoms with E-state index in [0.29, 0.717) is 11.1 Å². The highest BCUT2D eigenvalue weighted by Crippen LogP contribution is 2.56. The second-order valence-electron chi connectivity index (χ2n) is 9.06. The summed E-state index contributed by atoms with van der Waals surface area (Å²) in [6.45, 7) is 0. The first kappa shape index (κ1) is 22.8. The number of carbonyl (C=O) groups is 3. The zero-order valence-corrected chi connectivity index (χ0v) is 18.1. The Bertz CT molecular complexity index is 1380. The van der Waals surface area contributed by atoms with Crippen molar-refractivity contribution >= 4 is 17.5 Å².